The molecule has 3 rings (SSSR count). The largest absolute Gasteiger partial charge is 0.348 e. The van der Waals surface area contributed by atoms with Gasteiger partial charge in [0.05, 0.1) is 5.56 Å². The van der Waals surface area contributed by atoms with Gasteiger partial charge in [0.15, 0.2) is 5.78 Å². The molecule has 0 fully saturated rings. The van der Waals surface area contributed by atoms with E-state index in [-0.39, 0.29) is 30.4 Å². The van der Waals surface area contributed by atoms with E-state index in [4.69, 9.17) is 0 Å². The fourth-order valence-electron chi connectivity index (χ4n) is 2.87. The van der Waals surface area contributed by atoms with Crippen LogP contribution in [-0.2, 0) is 11.3 Å². The van der Waals surface area contributed by atoms with Crippen LogP contribution in [0.5, 0.6) is 0 Å². The van der Waals surface area contributed by atoms with Crippen LogP contribution in [0.1, 0.15) is 44.7 Å². The van der Waals surface area contributed by atoms with Crippen LogP contribution < -0.4 is 10.6 Å². The molecule has 0 aliphatic heterocycles. The van der Waals surface area contributed by atoms with Crippen molar-refractivity contribution in [2.75, 3.05) is 5.32 Å². The first-order valence-electron chi connectivity index (χ1n) is 9.68. The van der Waals surface area contributed by atoms with Gasteiger partial charge in [0.1, 0.15) is 0 Å². The van der Waals surface area contributed by atoms with E-state index >= 15 is 0 Å². The predicted molar refractivity (Wildman–Crippen MR) is 115 cm³/mol. The molecule has 2 aromatic carbocycles. The lowest BCUT2D eigenvalue weighted by Crippen LogP contribution is -2.23. The topological polar surface area (TPSA) is 88.2 Å². The molecule has 0 aliphatic rings. The van der Waals surface area contributed by atoms with Gasteiger partial charge in [-0.3, -0.25) is 19.4 Å². The zero-order chi connectivity index (χ0) is 21.3. The molecule has 2 N–H and O–H groups in total. The van der Waals surface area contributed by atoms with Gasteiger partial charge in [-0.2, -0.15) is 0 Å². The maximum absolute atomic E-state index is 12.2. The van der Waals surface area contributed by atoms with Crippen LogP contribution in [-0.4, -0.2) is 22.6 Å². The molecule has 0 atom stereocenters. The zero-order valence-electron chi connectivity index (χ0n) is 16.7. The fourth-order valence-corrected chi connectivity index (χ4v) is 2.87. The Balaban J connectivity index is 1.49. The molecule has 2 amide bonds. The van der Waals surface area contributed by atoms with Gasteiger partial charge in [0.2, 0.25) is 5.91 Å². The summed E-state index contributed by atoms with van der Waals surface area (Å²) < 4.78 is 0. The van der Waals surface area contributed by atoms with Crippen molar-refractivity contribution in [2.45, 2.75) is 26.3 Å². The lowest BCUT2D eigenvalue weighted by atomic mass is 10.0. The van der Waals surface area contributed by atoms with Crippen molar-refractivity contribution in [1.29, 1.82) is 0 Å². The van der Waals surface area contributed by atoms with Crippen molar-refractivity contribution in [1.82, 2.24) is 10.3 Å². The summed E-state index contributed by atoms with van der Waals surface area (Å²) in [6.07, 6.45) is 3.37. The van der Waals surface area contributed by atoms with Crippen molar-refractivity contribution in [3.8, 4) is 0 Å². The first-order valence-corrected chi connectivity index (χ1v) is 9.68. The van der Waals surface area contributed by atoms with Crippen molar-refractivity contribution in [3.05, 3.63) is 95.3 Å². The molecular formula is C24H23N3O3. The molecule has 30 heavy (non-hydrogen) atoms. The third-order valence-electron chi connectivity index (χ3n) is 4.54. The van der Waals surface area contributed by atoms with E-state index in [2.05, 4.69) is 15.6 Å². The Labute approximate surface area is 175 Å². The maximum atomic E-state index is 12.2. The number of nitrogens with zero attached hydrogens (tertiary/aromatic N) is 1. The number of amides is 2. The Morgan fingerprint density at radius 3 is 2.43 bits per heavy atom. The average molecular weight is 401 g/mol. The number of carbonyl (C=O) groups excluding carboxylic acids is 3. The Kier molecular flexibility index (Phi) is 7.05. The highest BCUT2D eigenvalue weighted by Crippen LogP contribution is 2.13. The minimum Gasteiger partial charge on any atom is -0.348 e. The van der Waals surface area contributed by atoms with Crippen LogP contribution in [0.15, 0.2) is 73.1 Å². The highest BCUT2D eigenvalue weighted by molar-refractivity contribution is 6.00. The molecule has 3 aromatic rings. The highest BCUT2D eigenvalue weighted by atomic mass is 16.2. The van der Waals surface area contributed by atoms with E-state index in [1.54, 1.807) is 48.7 Å². The van der Waals surface area contributed by atoms with Crippen LogP contribution in [0, 0.1) is 6.92 Å². The Hall–Kier alpha value is -3.80. The summed E-state index contributed by atoms with van der Waals surface area (Å²) in [6.45, 7) is 2.28. The van der Waals surface area contributed by atoms with E-state index < -0.39 is 0 Å². The van der Waals surface area contributed by atoms with E-state index in [0.29, 0.717) is 23.4 Å². The third kappa shape index (κ3) is 6.10. The number of rotatable bonds is 8. The van der Waals surface area contributed by atoms with Crippen molar-refractivity contribution < 1.29 is 14.4 Å². The van der Waals surface area contributed by atoms with Gasteiger partial charge in [0, 0.05) is 43.0 Å². The summed E-state index contributed by atoms with van der Waals surface area (Å²) in [6, 6.07) is 17.9. The van der Waals surface area contributed by atoms with E-state index in [9.17, 15) is 14.4 Å². The SMILES string of the molecule is Cc1ccc(C(=O)CCC(=O)Nc2cccc(CNC(=O)c3cccnc3)c2)cc1. The number of pyridine rings is 1. The standard InChI is InChI=1S/C24H23N3O3/c1-17-7-9-19(10-8-17)22(28)11-12-23(29)27-21-6-2-4-18(14-21)15-26-24(30)20-5-3-13-25-16-20/h2-10,13-14,16H,11-12,15H2,1H3,(H,26,30)(H,27,29). The second-order valence-corrected chi connectivity index (χ2v) is 6.96. The molecule has 0 saturated heterocycles. The zero-order valence-corrected chi connectivity index (χ0v) is 16.7. The normalized spacial score (nSPS) is 10.3. The van der Waals surface area contributed by atoms with Crippen molar-refractivity contribution >= 4 is 23.3 Å². The van der Waals surface area contributed by atoms with Gasteiger partial charge in [0.25, 0.3) is 5.91 Å². The highest BCUT2D eigenvalue weighted by Gasteiger charge is 2.10. The summed E-state index contributed by atoms with van der Waals surface area (Å²) >= 11 is 0. The number of anilines is 1. The van der Waals surface area contributed by atoms with Crippen LogP contribution in [0.3, 0.4) is 0 Å². The molecule has 0 bridgehead atoms. The molecular weight excluding hydrogens is 378 g/mol. The fraction of sp³-hybridized carbons (Fsp3) is 0.167. The summed E-state index contributed by atoms with van der Waals surface area (Å²) in [7, 11) is 0. The Bertz CT molecular complexity index is 1030. The minimum atomic E-state index is -0.230. The minimum absolute atomic E-state index is 0.0583. The molecule has 6 heteroatoms. The quantitative estimate of drug-likeness (QED) is 0.560. The molecule has 6 nitrogen and oxygen atoms in total. The molecule has 0 aliphatic carbocycles. The van der Waals surface area contributed by atoms with Crippen molar-refractivity contribution in [3.63, 3.8) is 0 Å². The average Bonchev–Trinajstić information content (AvgIpc) is 2.77. The van der Waals surface area contributed by atoms with Crippen LogP contribution >= 0.6 is 0 Å². The summed E-state index contributed by atoms with van der Waals surface area (Å²) in [5, 5.41) is 5.63. The monoisotopic (exact) mass is 401 g/mol. The van der Waals surface area contributed by atoms with Gasteiger partial charge >= 0.3 is 0 Å². The molecule has 1 heterocycles. The van der Waals surface area contributed by atoms with E-state index in [1.165, 1.54) is 6.20 Å². The first kappa shape index (κ1) is 20.9. The Morgan fingerprint density at radius 2 is 1.70 bits per heavy atom. The first-order chi connectivity index (χ1) is 14.5. The van der Waals surface area contributed by atoms with Crippen LogP contribution in [0.25, 0.3) is 0 Å². The van der Waals surface area contributed by atoms with Crippen LogP contribution in [0.2, 0.25) is 0 Å². The summed E-state index contributed by atoms with van der Waals surface area (Å²) in [5.74, 6) is -0.504. The smallest absolute Gasteiger partial charge is 0.253 e. The second-order valence-electron chi connectivity index (χ2n) is 6.96. The number of aryl methyl sites for hydroxylation is 1. The maximum Gasteiger partial charge on any atom is 0.253 e. The molecule has 0 spiro atoms. The predicted octanol–water partition coefficient (Wildman–Crippen LogP) is 3.92. The van der Waals surface area contributed by atoms with Gasteiger partial charge in [-0.05, 0) is 36.8 Å². The Morgan fingerprint density at radius 1 is 0.900 bits per heavy atom. The van der Waals surface area contributed by atoms with Gasteiger partial charge in [-0.15, -0.1) is 0 Å². The summed E-state index contributed by atoms with van der Waals surface area (Å²) in [4.78, 5) is 40.5. The number of benzene rings is 2. The number of hydrogen-bond acceptors (Lipinski definition) is 4. The molecule has 1 aromatic heterocycles. The lowest BCUT2D eigenvalue weighted by molar-refractivity contribution is -0.116. The molecule has 152 valence electrons. The number of ketones is 1. The number of carbonyl (C=O) groups is 3. The van der Waals surface area contributed by atoms with E-state index in [1.807, 2.05) is 25.1 Å². The lowest BCUT2D eigenvalue weighted by Gasteiger charge is -2.09. The number of hydrogen-bond donors (Lipinski definition) is 2. The van der Waals surface area contributed by atoms with Gasteiger partial charge in [-0.25, -0.2) is 0 Å². The van der Waals surface area contributed by atoms with E-state index in [0.717, 1.165) is 11.1 Å². The molecule has 0 radical (unpaired) electrons. The second kappa shape index (κ2) is 10.1. The summed E-state index contributed by atoms with van der Waals surface area (Å²) in [5.41, 5.74) is 3.65. The van der Waals surface area contributed by atoms with Gasteiger partial charge in [-0.1, -0.05) is 42.0 Å². The van der Waals surface area contributed by atoms with Crippen LogP contribution in [0.4, 0.5) is 5.69 Å². The van der Waals surface area contributed by atoms with Crippen molar-refractivity contribution in [2.24, 2.45) is 0 Å². The van der Waals surface area contributed by atoms with Gasteiger partial charge < -0.3 is 10.6 Å². The molecule has 0 unspecified atom stereocenters. The third-order valence-corrected chi connectivity index (χ3v) is 4.54. The number of Topliss-reactive ketones (excluding diaryl/α,β-unsaturated/α-hetero) is 1. The number of aromatic nitrogens is 1. The molecule has 0 saturated carbocycles. The number of nitrogens with one attached hydrogen (secondary N) is 2.